The Morgan fingerprint density at radius 2 is 2.39 bits per heavy atom. The number of benzene rings is 1. The van der Waals surface area contributed by atoms with Crippen molar-refractivity contribution < 1.29 is 4.79 Å². The molecular weight excluding hydrogens is 228 g/mol. The molecule has 5 heteroatoms. The van der Waals surface area contributed by atoms with Gasteiger partial charge in [0, 0.05) is 23.6 Å². The topological polar surface area (TPSA) is 59.0 Å². The van der Waals surface area contributed by atoms with Gasteiger partial charge in [-0.1, -0.05) is 13.0 Å². The molecule has 1 unspecified atom stereocenters. The number of nitrogens with one attached hydrogen (secondary N) is 2. The van der Waals surface area contributed by atoms with Crippen molar-refractivity contribution in [1.29, 1.82) is 0 Å². The van der Waals surface area contributed by atoms with Gasteiger partial charge in [-0.15, -0.1) is 0 Å². The van der Waals surface area contributed by atoms with Crippen LogP contribution in [0.15, 0.2) is 36.7 Å². The SMILES string of the molecule is CCNC1C(=O)Nc2cc(-n3cccn3)ccc21. The van der Waals surface area contributed by atoms with Crippen molar-refractivity contribution in [3.63, 3.8) is 0 Å². The van der Waals surface area contributed by atoms with Crippen molar-refractivity contribution in [2.45, 2.75) is 13.0 Å². The van der Waals surface area contributed by atoms with E-state index in [-0.39, 0.29) is 11.9 Å². The van der Waals surface area contributed by atoms with Crippen molar-refractivity contribution in [1.82, 2.24) is 15.1 Å². The molecule has 92 valence electrons. The second-order valence-corrected chi connectivity index (χ2v) is 4.20. The highest BCUT2D eigenvalue weighted by atomic mass is 16.2. The highest BCUT2D eigenvalue weighted by molar-refractivity contribution is 6.02. The molecule has 1 aliphatic heterocycles. The van der Waals surface area contributed by atoms with E-state index in [0.717, 1.165) is 23.5 Å². The summed E-state index contributed by atoms with van der Waals surface area (Å²) in [4.78, 5) is 11.8. The zero-order valence-electron chi connectivity index (χ0n) is 10.1. The fourth-order valence-corrected chi connectivity index (χ4v) is 2.22. The first-order valence-corrected chi connectivity index (χ1v) is 5.98. The lowest BCUT2D eigenvalue weighted by Gasteiger charge is -2.09. The predicted octanol–water partition coefficient (Wildman–Crippen LogP) is 1.47. The first kappa shape index (κ1) is 11.0. The number of amides is 1. The lowest BCUT2D eigenvalue weighted by Crippen LogP contribution is -2.27. The first-order chi connectivity index (χ1) is 8.79. The number of hydrogen-bond donors (Lipinski definition) is 2. The van der Waals surface area contributed by atoms with Gasteiger partial charge in [-0.3, -0.25) is 4.79 Å². The average Bonchev–Trinajstić information content (AvgIpc) is 2.98. The summed E-state index contributed by atoms with van der Waals surface area (Å²) in [5.41, 5.74) is 2.80. The highest BCUT2D eigenvalue weighted by Gasteiger charge is 2.29. The number of likely N-dealkylation sites (N-methyl/N-ethyl adjacent to an activating group) is 1. The molecule has 0 saturated carbocycles. The summed E-state index contributed by atoms with van der Waals surface area (Å²) < 4.78 is 1.77. The van der Waals surface area contributed by atoms with Crippen LogP contribution in [-0.2, 0) is 4.79 Å². The van der Waals surface area contributed by atoms with E-state index in [1.165, 1.54) is 0 Å². The van der Waals surface area contributed by atoms with Crippen LogP contribution in [0.5, 0.6) is 0 Å². The number of anilines is 1. The monoisotopic (exact) mass is 242 g/mol. The molecule has 1 aromatic heterocycles. The molecule has 1 aromatic carbocycles. The van der Waals surface area contributed by atoms with Crippen LogP contribution < -0.4 is 10.6 Å². The molecule has 18 heavy (non-hydrogen) atoms. The van der Waals surface area contributed by atoms with Gasteiger partial charge in [-0.05, 0) is 24.7 Å². The normalized spacial score (nSPS) is 17.6. The third-order valence-corrected chi connectivity index (χ3v) is 3.05. The number of hydrogen-bond acceptors (Lipinski definition) is 3. The summed E-state index contributed by atoms with van der Waals surface area (Å²) in [5.74, 6) is 0.00413. The summed E-state index contributed by atoms with van der Waals surface area (Å²) in [5, 5.41) is 10.2. The summed E-state index contributed by atoms with van der Waals surface area (Å²) >= 11 is 0. The van der Waals surface area contributed by atoms with E-state index in [9.17, 15) is 4.79 Å². The minimum absolute atomic E-state index is 0.00413. The summed E-state index contributed by atoms with van der Waals surface area (Å²) in [6.07, 6.45) is 3.60. The Labute approximate surface area is 105 Å². The first-order valence-electron chi connectivity index (χ1n) is 5.98. The molecule has 0 radical (unpaired) electrons. The van der Waals surface area contributed by atoms with Gasteiger partial charge in [0.15, 0.2) is 0 Å². The maximum atomic E-state index is 11.8. The van der Waals surface area contributed by atoms with Crippen LogP contribution in [0, 0.1) is 0 Å². The number of carbonyl (C=O) groups excluding carboxylic acids is 1. The van der Waals surface area contributed by atoms with Crippen LogP contribution >= 0.6 is 0 Å². The molecular formula is C13H14N4O. The lowest BCUT2D eigenvalue weighted by atomic mass is 10.1. The van der Waals surface area contributed by atoms with E-state index < -0.39 is 0 Å². The van der Waals surface area contributed by atoms with Gasteiger partial charge in [0.1, 0.15) is 6.04 Å². The van der Waals surface area contributed by atoms with E-state index in [0.29, 0.717) is 0 Å². The van der Waals surface area contributed by atoms with Gasteiger partial charge in [-0.25, -0.2) is 4.68 Å². The fourth-order valence-electron chi connectivity index (χ4n) is 2.22. The Hall–Kier alpha value is -2.14. The summed E-state index contributed by atoms with van der Waals surface area (Å²) in [7, 11) is 0. The Morgan fingerprint density at radius 1 is 1.50 bits per heavy atom. The number of carbonyl (C=O) groups is 1. The van der Waals surface area contributed by atoms with Crippen molar-refractivity contribution in [3.05, 3.63) is 42.2 Å². The van der Waals surface area contributed by atoms with E-state index in [4.69, 9.17) is 0 Å². The van der Waals surface area contributed by atoms with Crippen molar-refractivity contribution in [2.24, 2.45) is 0 Å². The molecule has 1 atom stereocenters. The van der Waals surface area contributed by atoms with Crippen molar-refractivity contribution in [3.8, 4) is 5.69 Å². The van der Waals surface area contributed by atoms with Crippen molar-refractivity contribution in [2.75, 3.05) is 11.9 Å². The van der Waals surface area contributed by atoms with Gasteiger partial charge >= 0.3 is 0 Å². The van der Waals surface area contributed by atoms with Crippen LogP contribution in [0.25, 0.3) is 5.69 Å². The molecule has 0 saturated heterocycles. The lowest BCUT2D eigenvalue weighted by molar-refractivity contribution is -0.117. The van der Waals surface area contributed by atoms with Crippen LogP contribution in [0.3, 0.4) is 0 Å². The second kappa shape index (κ2) is 4.27. The molecule has 2 N–H and O–H groups in total. The van der Waals surface area contributed by atoms with Gasteiger partial charge in [0.05, 0.1) is 5.69 Å². The molecule has 0 spiro atoms. The molecule has 3 rings (SSSR count). The third kappa shape index (κ3) is 1.69. The Bertz CT molecular complexity index is 577. The highest BCUT2D eigenvalue weighted by Crippen LogP contribution is 2.32. The van der Waals surface area contributed by atoms with E-state index in [1.807, 2.05) is 37.4 Å². The zero-order chi connectivity index (χ0) is 12.5. The fraction of sp³-hybridized carbons (Fsp3) is 0.231. The predicted molar refractivity (Wildman–Crippen MR) is 68.6 cm³/mol. The summed E-state index contributed by atoms with van der Waals surface area (Å²) in [6.45, 7) is 2.75. The van der Waals surface area contributed by atoms with Gasteiger partial charge in [-0.2, -0.15) is 5.10 Å². The molecule has 1 aliphatic rings. The Morgan fingerprint density at radius 3 is 3.11 bits per heavy atom. The zero-order valence-corrected chi connectivity index (χ0v) is 10.1. The van der Waals surface area contributed by atoms with Crippen LogP contribution in [0.1, 0.15) is 18.5 Å². The number of aromatic nitrogens is 2. The summed E-state index contributed by atoms with van der Waals surface area (Å²) in [6, 6.07) is 7.51. The van der Waals surface area contributed by atoms with E-state index in [1.54, 1.807) is 10.9 Å². The average molecular weight is 242 g/mol. The van der Waals surface area contributed by atoms with Gasteiger partial charge in [0.2, 0.25) is 5.91 Å². The largest absolute Gasteiger partial charge is 0.324 e. The molecule has 2 aromatic rings. The maximum absolute atomic E-state index is 11.8. The molecule has 2 heterocycles. The van der Waals surface area contributed by atoms with E-state index >= 15 is 0 Å². The number of fused-ring (bicyclic) bond motifs is 1. The van der Waals surface area contributed by atoms with Crippen molar-refractivity contribution >= 4 is 11.6 Å². The standard InChI is InChI=1S/C13H14N4O/c1-2-14-12-10-5-4-9(17-7-3-6-15-17)8-11(10)16-13(12)18/h3-8,12,14H,2H2,1H3,(H,16,18). The Balaban J connectivity index is 1.99. The van der Waals surface area contributed by atoms with Crippen LogP contribution in [-0.4, -0.2) is 22.2 Å². The molecule has 0 aliphatic carbocycles. The maximum Gasteiger partial charge on any atom is 0.246 e. The van der Waals surface area contributed by atoms with Gasteiger partial charge in [0.25, 0.3) is 0 Å². The van der Waals surface area contributed by atoms with Gasteiger partial charge < -0.3 is 10.6 Å². The number of nitrogens with zero attached hydrogens (tertiary/aromatic N) is 2. The minimum atomic E-state index is -0.239. The molecule has 0 fully saturated rings. The molecule has 1 amide bonds. The third-order valence-electron chi connectivity index (χ3n) is 3.05. The molecule has 5 nitrogen and oxygen atoms in total. The second-order valence-electron chi connectivity index (χ2n) is 4.20. The number of rotatable bonds is 3. The minimum Gasteiger partial charge on any atom is -0.324 e. The molecule has 0 bridgehead atoms. The Kier molecular flexibility index (Phi) is 2.60. The van der Waals surface area contributed by atoms with E-state index in [2.05, 4.69) is 15.7 Å². The van der Waals surface area contributed by atoms with Crippen LogP contribution in [0.2, 0.25) is 0 Å². The quantitative estimate of drug-likeness (QED) is 0.857. The smallest absolute Gasteiger partial charge is 0.246 e. The van der Waals surface area contributed by atoms with Crippen LogP contribution in [0.4, 0.5) is 5.69 Å².